The van der Waals surface area contributed by atoms with Crippen LogP contribution in [0.1, 0.15) is 316 Å². The molecular weight excluding hydrogens is 829 g/mol. The highest BCUT2D eigenvalue weighted by atomic mass is 16.6. The van der Waals surface area contributed by atoms with Crippen LogP contribution in [0.2, 0.25) is 0 Å². The van der Waals surface area contributed by atoms with Gasteiger partial charge in [-0.1, -0.05) is 243 Å². The zero-order chi connectivity index (χ0) is 48.6. The molecule has 1 unspecified atom stereocenters. The Kier molecular flexibility index (Phi) is 54.2. The van der Waals surface area contributed by atoms with Crippen molar-refractivity contribution in [1.29, 1.82) is 0 Å². The second kappa shape index (κ2) is 56.2. The third-order valence-corrected chi connectivity index (χ3v) is 13.1. The Morgan fingerprint density at radius 2 is 0.507 bits per heavy atom. The number of allylic oxidation sites excluding steroid dienone is 6. The first-order valence-electron chi connectivity index (χ1n) is 29.5. The van der Waals surface area contributed by atoms with Gasteiger partial charge in [0.15, 0.2) is 6.10 Å². The van der Waals surface area contributed by atoms with E-state index in [0.29, 0.717) is 19.3 Å². The van der Waals surface area contributed by atoms with Crippen molar-refractivity contribution >= 4 is 17.9 Å². The summed E-state index contributed by atoms with van der Waals surface area (Å²) in [5.74, 6) is -0.873. The molecule has 0 fully saturated rings. The lowest BCUT2D eigenvalue weighted by Gasteiger charge is -2.18. The van der Waals surface area contributed by atoms with Crippen LogP contribution in [-0.2, 0) is 28.6 Å². The molecule has 0 saturated heterocycles. The zero-order valence-electron chi connectivity index (χ0n) is 44.9. The van der Waals surface area contributed by atoms with E-state index in [1.807, 2.05) is 0 Å². The highest BCUT2D eigenvalue weighted by Crippen LogP contribution is 2.16. The molecule has 0 aliphatic rings. The summed E-state index contributed by atoms with van der Waals surface area (Å²) < 4.78 is 16.9. The van der Waals surface area contributed by atoms with Gasteiger partial charge in [-0.15, -0.1) is 0 Å². The van der Waals surface area contributed by atoms with Crippen molar-refractivity contribution in [3.8, 4) is 0 Å². The van der Waals surface area contributed by atoms with Crippen molar-refractivity contribution in [2.75, 3.05) is 13.2 Å². The van der Waals surface area contributed by atoms with Gasteiger partial charge in [-0.2, -0.15) is 0 Å². The topological polar surface area (TPSA) is 78.9 Å². The van der Waals surface area contributed by atoms with Crippen LogP contribution >= 0.6 is 0 Å². The molecule has 0 heterocycles. The van der Waals surface area contributed by atoms with Gasteiger partial charge in [0.2, 0.25) is 0 Å². The highest BCUT2D eigenvalue weighted by Gasteiger charge is 2.19. The SMILES string of the molecule is CCCC/C=C\CCCCCCCC(=O)OCC(COC(=O)CCCCCCCCCCC/C=C\CCCCCCCC)OC(=O)CCCCCCCCCCC/C=C\CCCCCCCC. The Morgan fingerprint density at radius 1 is 0.284 bits per heavy atom. The summed E-state index contributed by atoms with van der Waals surface area (Å²) >= 11 is 0. The van der Waals surface area contributed by atoms with Crippen molar-refractivity contribution < 1.29 is 28.6 Å². The molecule has 6 nitrogen and oxygen atoms in total. The van der Waals surface area contributed by atoms with Gasteiger partial charge in [0, 0.05) is 19.3 Å². The molecule has 67 heavy (non-hydrogen) atoms. The first-order chi connectivity index (χ1) is 33.0. The van der Waals surface area contributed by atoms with Gasteiger partial charge in [-0.25, -0.2) is 0 Å². The van der Waals surface area contributed by atoms with Crippen LogP contribution in [0.3, 0.4) is 0 Å². The van der Waals surface area contributed by atoms with Gasteiger partial charge < -0.3 is 14.2 Å². The van der Waals surface area contributed by atoms with E-state index in [2.05, 4.69) is 57.2 Å². The maximum absolute atomic E-state index is 12.9. The molecule has 0 radical (unpaired) electrons. The number of carbonyl (C=O) groups excluding carboxylic acids is 3. The summed E-state index contributed by atoms with van der Waals surface area (Å²) in [7, 11) is 0. The fourth-order valence-corrected chi connectivity index (χ4v) is 8.59. The summed E-state index contributed by atoms with van der Waals surface area (Å²) in [4.78, 5) is 38.1. The van der Waals surface area contributed by atoms with Crippen molar-refractivity contribution in [1.82, 2.24) is 0 Å². The van der Waals surface area contributed by atoms with E-state index in [0.717, 1.165) is 64.2 Å². The quantitative estimate of drug-likeness (QED) is 0.0262. The van der Waals surface area contributed by atoms with Gasteiger partial charge in [-0.05, 0) is 89.9 Å². The average Bonchev–Trinajstić information content (AvgIpc) is 3.33. The first kappa shape index (κ1) is 64.6. The monoisotopic (exact) mass is 941 g/mol. The summed E-state index contributed by atoms with van der Waals surface area (Å²) in [6.07, 6.45) is 67.1. The smallest absolute Gasteiger partial charge is 0.306 e. The van der Waals surface area contributed by atoms with Crippen molar-refractivity contribution in [3.05, 3.63) is 36.5 Å². The number of hydrogen-bond acceptors (Lipinski definition) is 6. The predicted octanol–water partition coefficient (Wildman–Crippen LogP) is 19.7. The number of ether oxygens (including phenoxy) is 3. The Bertz CT molecular complexity index is 1130. The lowest BCUT2D eigenvalue weighted by molar-refractivity contribution is -0.167. The normalized spacial score (nSPS) is 12.2. The summed E-state index contributed by atoms with van der Waals surface area (Å²) in [5, 5.41) is 0. The van der Waals surface area contributed by atoms with Crippen LogP contribution in [0.15, 0.2) is 36.5 Å². The number of carbonyl (C=O) groups is 3. The van der Waals surface area contributed by atoms with Crippen LogP contribution in [0.25, 0.3) is 0 Å². The van der Waals surface area contributed by atoms with E-state index < -0.39 is 6.10 Å². The van der Waals surface area contributed by atoms with Crippen LogP contribution in [-0.4, -0.2) is 37.2 Å². The second-order valence-corrected chi connectivity index (χ2v) is 19.9. The minimum Gasteiger partial charge on any atom is -0.462 e. The zero-order valence-corrected chi connectivity index (χ0v) is 44.9. The summed E-state index contributed by atoms with van der Waals surface area (Å²) in [5.41, 5.74) is 0. The van der Waals surface area contributed by atoms with E-state index in [1.165, 1.54) is 212 Å². The van der Waals surface area contributed by atoms with E-state index in [4.69, 9.17) is 14.2 Å². The molecule has 0 aromatic heterocycles. The van der Waals surface area contributed by atoms with Gasteiger partial charge in [-0.3, -0.25) is 14.4 Å². The standard InChI is InChI=1S/C61H112O6/c1-4-7-10-13-16-19-22-24-26-28-30-32-34-36-39-42-45-48-51-54-60(63)66-57-58(56-65-59(62)53-50-47-44-41-38-21-18-15-12-9-6-3)67-61(64)55-52-49-46-43-40-37-35-33-31-29-27-25-23-20-17-14-11-8-5-2/h15,18,24-27,58H,4-14,16-17,19-23,28-57H2,1-3H3/b18-15-,26-24-,27-25-. The molecule has 0 spiro atoms. The van der Waals surface area contributed by atoms with Crippen molar-refractivity contribution in [2.24, 2.45) is 0 Å². The molecule has 0 aromatic rings. The van der Waals surface area contributed by atoms with Crippen LogP contribution in [0, 0.1) is 0 Å². The van der Waals surface area contributed by atoms with E-state index >= 15 is 0 Å². The molecule has 0 aromatic carbocycles. The number of hydrogen-bond donors (Lipinski definition) is 0. The summed E-state index contributed by atoms with van der Waals surface area (Å²) in [6, 6.07) is 0. The van der Waals surface area contributed by atoms with Crippen LogP contribution in [0.4, 0.5) is 0 Å². The second-order valence-electron chi connectivity index (χ2n) is 19.9. The number of rotatable bonds is 54. The lowest BCUT2D eigenvalue weighted by atomic mass is 10.1. The van der Waals surface area contributed by atoms with Crippen LogP contribution < -0.4 is 0 Å². The molecule has 1 atom stereocenters. The molecule has 0 rings (SSSR count). The van der Waals surface area contributed by atoms with Gasteiger partial charge >= 0.3 is 17.9 Å². The molecule has 0 saturated carbocycles. The third kappa shape index (κ3) is 54.4. The van der Waals surface area contributed by atoms with Gasteiger partial charge in [0.05, 0.1) is 0 Å². The van der Waals surface area contributed by atoms with E-state index in [9.17, 15) is 14.4 Å². The van der Waals surface area contributed by atoms with E-state index in [-0.39, 0.29) is 31.1 Å². The third-order valence-electron chi connectivity index (χ3n) is 13.1. The molecular formula is C61H112O6. The molecule has 0 bridgehead atoms. The maximum Gasteiger partial charge on any atom is 0.306 e. The Labute approximate surface area is 416 Å². The lowest BCUT2D eigenvalue weighted by Crippen LogP contribution is -2.30. The number of unbranched alkanes of at least 4 members (excludes halogenated alkanes) is 37. The highest BCUT2D eigenvalue weighted by molar-refractivity contribution is 5.71. The minimum absolute atomic E-state index is 0.0743. The van der Waals surface area contributed by atoms with E-state index in [1.54, 1.807) is 0 Å². The fourth-order valence-electron chi connectivity index (χ4n) is 8.59. The molecule has 6 heteroatoms. The van der Waals surface area contributed by atoms with Crippen molar-refractivity contribution in [2.45, 2.75) is 322 Å². The Balaban J connectivity index is 4.29. The number of esters is 3. The van der Waals surface area contributed by atoms with Gasteiger partial charge in [0.1, 0.15) is 13.2 Å². The Hall–Kier alpha value is -2.37. The maximum atomic E-state index is 12.9. The molecule has 0 amide bonds. The Morgan fingerprint density at radius 3 is 0.791 bits per heavy atom. The largest absolute Gasteiger partial charge is 0.462 e. The molecule has 0 N–H and O–H groups in total. The molecule has 392 valence electrons. The van der Waals surface area contributed by atoms with Crippen LogP contribution in [0.5, 0.6) is 0 Å². The first-order valence-corrected chi connectivity index (χ1v) is 29.5. The average molecular weight is 942 g/mol. The van der Waals surface area contributed by atoms with Crippen molar-refractivity contribution in [3.63, 3.8) is 0 Å². The predicted molar refractivity (Wildman–Crippen MR) is 289 cm³/mol. The minimum atomic E-state index is -0.775. The van der Waals surface area contributed by atoms with Gasteiger partial charge in [0.25, 0.3) is 0 Å². The molecule has 0 aliphatic heterocycles. The fraction of sp³-hybridized carbons (Fsp3) is 0.852. The molecule has 0 aliphatic carbocycles. The summed E-state index contributed by atoms with van der Waals surface area (Å²) in [6.45, 7) is 6.62.